The summed E-state index contributed by atoms with van der Waals surface area (Å²) in [5.41, 5.74) is 0. The molecule has 1 atom stereocenters. The van der Waals surface area contributed by atoms with E-state index in [9.17, 15) is 9.46 Å². The van der Waals surface area contributed by atoms with Crippen molar-refractivity contribution in [2.45, 2.75) is 6.92 Å². The minimum atomic E-state index is -3.73. The fourth-order valence-corrected chi connectivity index (χ4v) is 3.47. The molecule has 2 aromatic carbocycles. The molecule has 0 aliphatic rings. The lowest BCUT2D eigenvalue weighted by molar-refractivity contribution is 0.284. The van der Waals surface area contributed by atoms with Crippen LogP contribution in [0.25, 0.3) is 10.8 Å². The lowest BCUT2D eigenvalue weighted by Gasteiger charge is -2.14. The standard InChI is InChI=1S/C12H12BrO3P/c1-2-16-17(14,15)12-8-7-11(13)9-5-3-4-6-10(9)12/h3-8H,2H2,1H3,(H,14,15). The summed E-state index contributed by atoms with van der Waals surface area (Å²) in [6.45, 7) is 1.90. The quantitative estimate of drug-likeness (QED) is 0.883. The Labute approximate surface area is 108 Å². The van der Waals surface area contributed by atoms with Crippen molar-refractivity contribution in [3.05, 3.63) is 40.9 Å². The van der Waals surface area contributed by atoms with Gasteiger partial charge in [-0.15, -0.1) is 0 Å². The summed E-state index contributed by atoms with van der Waals surface area (Å²) < 4.78 is 17.9. The Balaban J connectivity index is 2.71. The number of rotatable bonds is 3. The van der Waals surface area contributed by atoms with Crippen LogP contribution in [0.15, 0.2) is 40.9 Å². The number of hydrogen-bond donors (Lipinski definition) is 1. The molecule has 0 aliphatic carbocycles. The first kappa shape index (κ1) is 12.8. The Morgan fingerprint density at radius 1 is 1.24 bits per heavy atom. The van der Waals surface area contributed by atoms with Crippen LogP contribution in [0, 0.1) is 0 Å². The van der Waals surface area contributed by atoms with E-state index in [4.69, 9.17) is 4.52 Å². The van der Waals surface area contributed by atoms with E-state index in [1.165, 1.54) is 0 Å². The molecule has 0 bridgehead atoms. The lowest BCUT2D eigenvalue weighted by atomic mass is 10.1. The molecule has 0 heterocycles. The first-order valence-electron chi connectivity index (χ1n) is 5.21. The first-order valence-corrected chi connectivity index (χ1v) is 7.58. The molecule has 0 spiro atoms. The third-order valence-corrected chi connectivity index (χ3v) is 4.75. The summed E-state index contributed by atoms with van der Waals surface area (Å²) in [6, 6.07) is 10.8. The highest BCUT2D eigenvalue weighted by molar-refractivity contribution is 9.10. The van der Waals surface area contributed by atoms with Crippen molar-refractivity contribution in [2.24, 2.45) is 0 Å². The van der Waals surface area contributed by atoms with Gasteiger partial charge in [0, 0.05) is 4.47 Å². The average Bonchev–Trinajstić information content (AvgIpc) is 2.29. The molecule has 3 nitrogen and oxygen atoms in total. The summed E-state index contributed by atoms with van der Waals surface area (Å²) in [4.78, 5) is 9.89. The van der Waals surface area contributed by atoms with E-state index in [1.54, 1.807) is 19.1 Å². The molecule has 0 amide bonds. The van der Waals surface area contributed by atoms with Crippen LogP contribution in [-0.4, -0.2) is 11.5 Å². The largest absolute Gasteiger partial charge is 0.359 e. The number of fused-ring (bicyclic) bond motifs is 1. The van der Waals surface area contributed by atoms with Gasteiger partial charge < -0.3 is 9.42 Å². The highest BCUT2D eigenvalue weighted by atomic mass is 79.9. The van der Waals surface area contributed by atoms with Crippen LogP contribution in [0.5, 0.6) is 0 Å². The molecule has 0 saturated carbocycles. The van der Waals surface area contributed by atoms with Gasteiger partial charge in [-0.2, -0.15) is 0 Å². The highest BCUT2D eigenvalue weighted by Crippen LogP contribution is 2.43. The van der Waals surface area contributed by atoms with Crippen molar-refractivity contribution in [1.29, 1.82) is 0 Å². The molecular weight excluding hydrogens is 303 g/mol. The van der Waals surface area contributed by atoms with E-state index in [1.807, 2.05) is 24.3 Å². The van der Waals surface area contributed by atoms with Crippen LogP contribution >= 0.6 is 23.5 Å². The predicted octanol–water partition coefficient (Wildman–Crippen LogP) is 3.45. The van der Waals surface area contributed by atoms with E-state index in [0.717, 1.165) is 15.2 Å². The Kier molecular flexibility index (Phi) is 3.69. The zero-order chi connectivity index (χ0) is 12.5. The van der Waals surface area contributed by atoms with E-state index in [-0.39, 0.29) is 6.61 Å². The molecular formula is C12H12BrO3P. The van der Waals surface area contributed by atoms with Gasteiger partial charge in [-0.1, -0.05) is 40.2 Å². The Bertz CT molecular complexity index is 597. The summed E-state index contributed by atoms with van der Waals surface area (Å²) in [5.74, 6) is 0. The summed E-state index contributed by atoms with van der Waals surface area (Å²) in [6.07, 6.45) is 0. The van der Waals surface area contributed by atoms with Gasteiger partial charge in [-0.3, -0.25) is 4.57 Å². The summed E-state index contributed by atoms with van der Waals surface area (Å²) >= 11 is 3.42. The van der Waals surface area contributed by atoms with Crippen LogP contribution in [0.1, 0.15) is 6.92 Å². The third-order valence-electron chi connectivity index (χ3n) is 2.46. The molecule has 0 radical (unpaired) electrons. The smallest absolute Gasteiger partial charge is 0.321 e. The van der Waals surface area contributed by atoms with Crippen molar-refractivity contribution in [1.82, 2.24) is 0 Å². The van der Waals surface area contributed by atoms with Crippen molar-refractivity contribution < 1.29 is 14.0 Å². The fraction of sp³-hybridized carbons (Fsp3) is 0.167. The highest BCUT2D eigenvalue weighted by Gasteiger charge is 2.24. The van der Waals surface area contributed by atoms with Crippen molar-refractivity contribution >= 4 is 39.6 Å². The van der Waals surface area contributed by atoms with Crippen LogP contribution < -0.4 is 5.30 Å². The number of benzene rings is 2. The minimum absolute atomic E-state index is 0.207. The third kappa shape index (κ3) is 2.45. The van der Waals surface area contributed by atoms with E-state index >= 15 is 0 Å². The Morgan fingerprint density at radius 2 is 1.88 bits per heavy atom. The number of halogens is 1. The molecule has 2 rings (SSSR count). The zero-order valence-corrected chi connectivity index (χ0v) is 11.7. The minimum Gasteiger partial charge on any atom is -0.321 e. The maximum atomic E-state index is 12.1. The van der Waals surface area contributed by atoms with Gasteiger partial charge in [0.15, 0.2) is 0 Å². The molecule has 0 aromatic heterocycles. The van der Waals surface area contributed by atoms with Crippen molar-refractivity contribution in [3.8, 4) is 0 Å². The van der Waals surface area contributed by atoms with Gasteiger partial charge in [-0.05, 0) is 29.8 Å². The normalized spacial score (nSPS) is 14.8. The van der Waals surface area contributed by atoms with Gasteiger partial charge in [-0.25, -0.2) is 0 Å². The van der Waals surface area contributed by atoms with Crippen LogP contribution in [0.3, 0.4) is 0 Å². The topological polar surface area (TPSA) is 46.5 Å². The fourth-order valence-electron chi connectivity index (χ4n) is 1.74. The second kappa shape index (κ2) is 4.91. The van der Waals surface area contributed by atoms with Gasteiger partial charge >= 0.3 is 7.60 Å². The van der Waals surface area contributed by atoms with E-state index in [2.05, 4.69) is 15.9 Å². The first-order chi connectivity index (χ1) is 8.06. The van der Waals surface area contributed by atoms with Crippen LogP contribution in [0.2, 0.25) is 0 Å². The van der Waals surface area contributed by atoms with E-state index in [0.29, 0.717) is 5.30 Å². The molecule has 17 heavy (non-hydrogen) atoms. The molecule has 1 unspecified atom stereocenters. The van der Waals surface area contributed by atoms with Crippen molar-refractivity contribution in [3.63, 3.8) is 0 Å². The molecule has 0 saturated heterocycles. The molecule has 2 aromatic rings. The zero-order valence-electron chi connectivity index (χ0n) is 9.26. The van der Waals surface area contributed by atoms with Gasteiger partial charge in [0.2, 0.25) is 0 Å². The molecule has 0 fully saturated rings. The Hall–Kier alpha value is -0.670. The summed E-state index contributed by atoms with van der Waals surface area (Å²) in [5, 5.41) is 1.98. The molecule has 90 valence electrons. The molecule has 1 N–H and O–H groups in total. The predicted molar refractivity (Wildman–Crippen MR) is 72.7 cm³/mol. The van der Waals surface area contributed by atoms with Gasteiger partial charge in [0.25, 0.3) is 0 Å². The second-order valence-corrected chi connectivity index (χ2v) is 6.19. The maximum Gasteiger partial charge on any atom is 0.359 e. The number of hydrogen-bond acceptors (Lipinski definition) is 2. The SMILES string of the molecule is CCOP(=O)(O)c1ccc(Br)c2ccccc12. The Morgan fingerprint density at radius 3 is 2.53 bits per heavy atom. The average molecular weight is 315 g/mol. The summed E-state index contributed by atoms with van der Waals surface area (Å²) in [7, 11) is -3.73. The monoisotopic (exact) mass is 314 g/mol. The molecule has 5 heteroatoms. The van der Waals surface area contributed by atoms with Gasteiger partial charge in [0.05, 0.1) is 11.9 Å². The maximum absolute atomic E-state index is 12.1. The van der Waals surface area contributed by atoms with Crippen LogP contribution in [-0.2, 0) is 9.09 Å². The van der Waals surface area contributed by atoms with Crippen LogP contribution in [0.4, 0.5) is 0 Å². The van der Waals surface area contributed by atoms with E-state index < -0.39 is 7.60 Å². The van der Waals surface area contributed by atoms with Crippen molar-refractivity contribution in [2.75, 3.05) is 6.61 Å². The molecule has 0 aliphatic heterocycles. The second-order valence-electron chi connectivity index (χ2n) is 3.55. The lowest BCUT2D eigenvalue weighted by Crippen LogP contribution is -2.08. The van der Waals surface area contributed by atoms with Gasteiger partial charge in [0.1, 0.15) is 0 Å².